The first kappa shape index (κ1) is 21.3. The molecular weight excluding hydrogens is 440 g/mol. The van der Waals surface area contributed by atoms with Crippen LogP contribution in [0.3, 0.4) is 0 Å². The summed E-state index contributed by atoms with van der Waals surface area (Å²) >= 11 is 0. The number of carbonyl (C=O) groups is 2. The summed E-state index contributed by atoms with van der Waals surface area (Å²) in [6, 6.07) is 21.6. The monoisotopic (exact) mass is 464 g/mol. The third-order valence-corrected chi connectivity index (χ3v) is 6.99. The standard InChI is InChI=1S/C28H24N4O3/c1-31(16-25-29-24-9-5-4-8-23(24)27(34)30-25)28(35)19-14-26(33)32(15-19)20-10-11-22-18(13-20)12-17-6-2-3-7-21(17)22/h2-11,13,19H,12,14-16H2,1H3,(H,29,30,34). The van der Waals surface area contributed by atoms with Crippen LogP contribution in [-0.4, -0.2) is 40.3 Å². The lowest BCUT2D eigenvalue weighted by molar-refractivity contribution is -0.135. The van der Waals surface area contributed by atoms with Crippen molar-refractivity contribution in [2.45, 2.75) is 19.4 Å². The summed E-state index contributed by atoms with van der Waals surface area (Å²) in [6.45, 7) is 0.510. The minimum Gasteiger partial charge on any atom is -0.338 e. The zero-order valence-corrected chi connectivity index (χ0v) is 19.3. The molecule has 1 aromatic heterocycles. The molecule has 0 saturated carbocycles. The molecule has 0 spiro atoms. The smallest absolute Gasteiger partial charge is 0.258 e. The Balaban J connectivity index is 1.18. The fourth-order valence-electron chi connectivity index (χ4n) is 5.25. The Morgan fingerprint density at radius 3 is 2.69 bits per heavy atom. The molecule has 1 aliphatic heterocycles. The van der Waals surface area contributed by atoms with Gasteiger partial charge in [0.15, 0.2) is 0 Å². The van der Waals surface area contributed by atoms with Crippen molar-refractivity contribution >= 4 is 28.4 Å². The van der Waals surface area contributed by atoms with Gasteiger partial charge in [0.1, 0.15) is 5.82 Å². The van der Waals surface area contributed by atoms with E-state index in [1.54, 1.807) is 30.1 Å². The number of hydrogen-bond acceptors (Lipinski definition) is 4. The number of anilines is 1. The number of para-hydroxylation sites is 1. The molecule has 7 nitrogen and oxygen atoms in total. The minimum atomic E-state index is -0.440. The van der Waals surface area contributed by atoms with Gasteiger partial charge in [-0.05, 0) is 52.9 Å². The van der Waals surface area contributed by atoms with Crippen LogP contribution in [0.25, 0.3) is 22.0 Å². The fraction of sp³-hybridized carbons (Fsp3) is 0.214. The van der Waals surface area contributed by atoms with Crippen molar-refractivity contribution in [3.8, 4) is 11.1 Å². The second-order valence-electron chi connectivity index (χ2n) is 9.30. The van der Waals surface area contributed by atoms with Gasteiger partial charge >= 0.3 is 0 Å². The zero-order chi connectivity index (χ0) is 24.1. The van der Waals surface area contributed by atoms with Crippen LogP contribution < -0.4 is 10.5 Å². The Bertz CT molecular complexity index is 1560. The largest absolute Gasteiger partial charge is 0.338 e. The Labute approximate surface area is 202 Å². The van der Waals surface area contributed by atoms with E-state index in [0.29, 0.717) is 23.3 Å². The molecule has 1 aliphatic carbocycles. The van der Waals surface area contributed by atoms with Crippen molar-refractivity contribution in [2.24, 2.45) is 5.92 Å². The van der Waals surface area contributed by atoms with Crippen LogP contribution in [0.1, 0.15) is 23.4 Å². The van der Waals surface area contributed by atoms with Gasteiger partial charge in [-0.3, -0.25) is 14.4 Å². The average Bonchev–Trinajstić information content (AvgIpc) is 3.43. The number of carbonyl (C=O) groups excluding carboxylic acids is 2. The van der Waals surface area contributed by atoms with E-state index in [1.165, 1.54) is 27.2 Å². The first-order valence-electron chi connectivity index (χ1n) is 11.7. The Morgan fingerprint density at radius 2 is 1.80 bits per heavy atom. The third kappa shape index (κ3) is 3.69. The number of aromatic amines is 1. The van der Waals surface area contributed by atoms with Gasteiger partial charge in [-0.2, -0.15) is 0 Å². The van der Waals surface area contributed by atoms with Crippen LogP contribution in [0.2, 0.25) is 0 Å². The van der Waals surface area contributed by atoms with Crippen molar-refractivity contribution in [2.75, 3.05) is 18.5 Å². The van der Waals surface area contributed by atoms with Gasteiger partial charge in [-0.15, -0.1) is 0 Å². The molecule has 0 bridgehead atoms. The molecule has 1 saturated heterocycles. The van der Waals surface area contributed by atoms with Crippen molar-refractivity contribution in [1.82, 2.24) is 14.9 Å². The molecule has 2 aliphatic rings. The van der Waals surface area contributed by atoms with Crippen LogP contribution in [0.15, 0.2) is 71.5 Å². The summed E-state index contributed by atoms with van der Waals surface area (Å²) in [7, 11) is 1.68. The maximum atomic E-state index is 13.2. The normalized spacial score (nSPS) is 16.4. The number of hydrogen-bond donors (Lipinski definition) is 1. The number of nitrogens with one attached hydrogen (secondary N) is 1. The van der Waals surface area contributed by atoms with E-state index in [0.717, 1.165) is 12.1 Å². The molecule has 1 N–H and O–H groups in total. The number of rotatable bonds is 4. The van der Waals surface area contributed by atoms with Crippen LogP contribution in [-0.2, 0) is 22.6 Å². The summed E-state index contributed by atoms with van der Waals surface area (Å²) in [6.07, 6.45) is 1.02. The number of aromatic nitrogens is 2. The average molecular weight is 465 g/mol. The number of amides is 2. The molecule has 1 atom stereocenters. The molecule has 1 fully saturated rings. The first-order valence-corrected chi connectivity index (χ1v) is 11.7. The molecule has 2 heterocycles. The second-order valence-corrected chi connectivity index (χ2v) is 9.30. The van der Waals surface area contributed by atoms with Crippen molar-refractivity contribution in [3.63, 3.8) is 0 Å². The highest BCUT2D eigenvalue weighted by atomic mass is 16.2. The molecule has 1 unspecified atom stereocenters. The number of H-pyrrole nitrogens is 1. The van der Waals surface area contributed by atoms with Gasteiger partial charge in [-0.1, -0.05) is 42.5 Å². The van der Waals surface area contributed by atoms with E-state index in [4.69, 9.17) is 0 Å². The molecule has 35 heavy (non-hydrogen) atoms. The lowest BCUT2D eigenvalue weighted by Gasteiger charge is -2.21. The first-order chi connectivity index (χ1) is 17.0. The molecule has 6 rings (SSSR count). The van der Waals surface area contributed by atoms with Crippen LogP contribution >= 0.6 is 0 Å². The molecule has 3 aromatic carbocycles. The Hall–Kier alpha value is -4.26. The molecule has 0 radical (unpaired) electrons. The number of nitrogens with zero attached hydrogens (tertiary/aromatic N) is 3. The number of benzene rings is 3. The summed E-state index contributed by atoms with van der Waals surface area (Å²) in [5.41, 5.74) is 6.15. The summed E-state index contributed by atoms with van der Waals surface area (Å²) in [4.78, 5) is 48.9. The van der Waals surface area contributed by atoms with E-state index in [2.05, 4.69) is 34.2 Å². The molecular formula is C28H24N4O3. The van der Waals surface area contributed by atoms with E-state index in [9.17, 15) is 14.4 Å². The van der Waals surface area contributed by atoms with Crippen LogP contribution in [0.5, 0.6) is 0 Å². The van der Waals surface area contributed by atoms with E-state index in [-0.39, 0.29) is 30.3 Å². The molecule has 7 heteroatoms. The quantitative estimate of drug-likeness (QED) is 0.441. The molecule has 2 amide bonds. The maximum Gasteiger partial charge on any atom is 0.258 e. The van der Waals surface area contributed by atoms with Crippen molar-refractivity contribution in [1.29, 1.82) is 0 Å². The van der Waals surface area contributed by atoms with Crippen LogP contribution in [0, 0.1) is 5.92 Å². The van der Waals surface area contributed by atoms with E-state index < -0.39 is 5.92 Å². The molecule has 174 valence electrons. The summed E-state index contributed by atoms with van der Waals surface area (Å²) in [5, 5.41) is 0.514. The van der Waals surface area contributed by atoms with Crippen molar-refractivity contribution < 1.29 is 9.59 Å². The highest BCUT2D eigenvalue weighted by molar-refractivity contribution is 6.00. The summed E-state index contributed by atoms with van der Waals surface area (Å²) in [5.74, 6) is -0.205. The molecule has 4 aromatic rings. The Kier molecular flexibility index (Phi) is 4.99. The third-order valence-electron chi connectivity index (χ3n) is 6.99. The minimum absolute atomic E-state index is 0.0514. The lowest BCUT2D eigenvalue weighted by atomic mass is 10.1. The van der Waals surface area contributed by atoms with Gasteiger partial charge < -0.3 is 14.8 Å². The summed E-state index contributed by atoms with van der Waals surface area (Å²) < 4.78 is 0. The van der Waals surface area contributed by atoms with E-state index in [1.807, 2.05) is 24.3 Å². The highest BCUT2D eigenvalue weighted by Gasteiger charge is 2.37. The predicted octanol–water partition coefficient (Wildman–Crippen LogP) is 3.51. The van der Waals surface area contributed by atoms with Gasteiger partial charge in [0, 0.05) is 25.7 Å². The second kappa shape index (κ2) is 8.20. The lowest BCUT2D eigenvalue weighted by Crippen LogP contribution is -2.35. The van der Waals surface area contributed by atoms with E-state index >= 15 is 0 Å². The Morgan fingerprint density at radius 1 is 1.03 bits per heavy atom. The SMILES string of the molecule is CN(Cc1nc2ccccc2c(=O)[nH]1)C(=O)C1CC(=O)N(c2ccc3c(c2)Cc2ccccc2-3)C1. The van der Waals surface area contributed by atoms with Gasteiger partial charge in [0.2, 0.25) is 11.8 Å². The van der Waals surface area contributed by atoms with Gasteiger partial charge in [0.05, 0.1) is 23.4 Å². The fourth-order valence-corrected chi connectivity index (χ4v) is 5.25. The van der Waals surface area contributed by atoms with Gasteiger partial charge in [0.25, 0.3) is 5.56 Å². The topological polar surface area (TPSA) is 86.4 Å². The van der Waals surface area contributed by atoms with Crippen molar-refractivity contribution in [3.05, 3.63) is 94.0 Å². The highest BCUT2D eigenvalue weighted by Crippen LogP contribution is 2.39. The zero-order valence-electron chi connectivity index (χ0n) is 19.3. The number of fused-ring (bicyclic) bond motifs is 4. The van der Waals surface area contributed by atoms with Crippen LogP contribution in [0.4, 0.5) is 5.69 Å². The predicted molar refractivity (Wildman–Crippen MR) is 134 cm³/mol. The maximum absolute atomic E-state index is 13.2. The van der Waals surface area contributed by atoms with Gasteiger partial charge in [-0.25, -0.2) is 4.98 Å².